The number of allylic oxidation sites excluding steroid dienone is 1. The van der Waals surface area contributed by atoms with Gasteiger partial charge in [0.15, 0.2) is 11.5 Å². The number of amides is 3. The molecule has 1 atom stereocenters. The molecule has 12 heteroatoms. The van der Waals surface area contributed by atoms with Gasteiger partial charge in [-0.1, -0.05) is 24.5 Å². The number of benzene rings is 1. The average Bonchev–Trinajstić information content (AvgIpc) is 3.73. The van der Waals surface area contributed by atoms with Crippen LogP contribution >= 0.6 is 0 Å². The predicted molar refractivity (Wildman–Crippen MR) is 148 cm³/mol. The van der Waals surface area contributed by atoms with Crippen LogP contribution < -0.4 is 26.6 Å². The molecule has 1 heterocycles. The van der Waals surface area contributed by atoms with Crippen molar-refractivity contribution in [2.75, 3.05) is 32.1 Å². The molecule has 38 heavy (non-hydrogen) atoms. The molecule has 1 aromatic heterocycles. The maximum Gasteiger partial charge on any atom is 0.320 e. The van der Waals surface area contributed by atoms with Crippen LogP contribution in [0.2, 0.25) is 6.32 Å². The minimum Gasteiger partial charge on any atom is -0.383 e. The smallest absolute Gasteiger partial charge is 0.320 e. The maximum atomic E-state index is 14.7. The van der Waals surface area contributed by atoms with E-state index in [0.29, 0.717) is 37.3 Å². The number of anilines is 1. The first-order valence-corrected chi connectivity index (χ1v) is 12.7. The van der Waals surface area contributed by atoms with Crippen molar-refractivity contribution >= 4 is 31.2 Å². The van der Waals surface area contributed by atoms with E-state index in [4.69, 9.17) is 10.1 Å². The molecule has 10 nitrogen and oxygen atoms in total. The lowest BCUT2D eigenvalue weighted by atomic mass is 9.97. The van der Waals surface area contributed by atoms with E-state index in [-0.39, 0.29) is 34.9 Å². The first-order chi connectivity index (χ1) is 18.3. The number of aromatic nitrogens is 1. The summed E-state index contributed by atoms with van der Waals surface area (Å²) >= 11 is 0. The van der Waals surface area contributed by atoms with Gasteiger partial charge in [-0.2, -0.15) is 0 Å². The molecule has 0 aliphatic heterocycles. The van der Waals surface area contributed by atoms with Gasteiger partial charge in [0, 0.05) is 55.3 Å². The number of ether oxygens (including phenoxy) is 1. The number of urea groups is 1. The van der Waals surface area contributed by atoms with Crippen molar-refractivity contribution in [3.05, 3.63) is 71.1 Å². The zero-order valence-electron chi connectivity index (χ0n) is 22.0. The van der Waals surface area contributed by atoms with Crippen molar-refractivity contribution in [3.8, 4) is 0 Å². The number of rotatable bonds is 14. The Morgan fingerprint density at radius 3 is 2.63 bits per heavy atom. The van der Waals surface area contributed by atoms with Gasteiger partial charge in [0.2, 0.25) is 0 Å². The zero-order chi connectivity index (χ0) is 27.5. The Bertz CT molecular complexity index is 1160. The molecule has 3 amide bonds. The van der Waals surface area contributed by atoms with Crippen molar-refractivity contribution < 1.29 is 18.7 Å². The summed E-state index contributed by atoms with van der Waals surface area (Å²) in [6.07, 6.45) is 3.75. The van der Waals surface area contributed by atoms with Crippen LogP contribution in [0.1, 0.15) is 35.8 Å². The molecule has 2 aromatic rings. The average molecular weight is 523 g/mol. The second-order valence-electron chi connectivity index (χ2n) is 9.07. The minimum atomic E-state index is -0.812. The topological polar surface area (TPSA) is 140 Å². The van der Waals surface area contributed by atoms with Crippen LogP contribution in [0.4, 0.5) is 14.9 Å². The highest BCUT2D eigenvalue weighted by molar-refractivity contribution is 6.11. The van der Waals surface area contributed by atoms with Gasteiger partial charge in [0.25, 0.3) is 5.91 Å². The van der Waals surface area contributed by atoms with E-state index in [0.717, 1.165) is 18.9 Å². The van der Waals surface area contributed by atoms with E-state index in [1.54, 1.807) is 14.0 Å². The van der Waals surface area contributed by atoms with Gasteiger partial charge in [-0.3, -0.25) is 15.5 Å². The zero-order valence-corrected chi connectivity index (χ0v) is 22.0. The largest absolute Gasteiger partial charge is 0.383 e. The molecule has 1 saturated carbocycles. The monoisotopic (exact) mass is 523 g/mol. The molecule has 0 bridgehead atoms. The Balaban J connectivity index is 1.77. The van der Waals surface area contributed by atoms with Crippen LogP contribution in [0, 0.1) is 11.2 Å². The van der Waals surface area contributed by atoms with Gasteiger partial charge in [-0.05, 0) is 38.0 Å². The van der Waals surface area contributed by atoms with Crippen molar-refractivity contribution in [1.82, 2.24) is 26.3 Å². The molecule has 202 valence electrons. The second-order valence-corrected chi connectivity index (χ2v) is 9.07. The molecular weight excluding hydrogens is 488 g/mol. The molecule has 1 aromatic carbocycles. The number of hydrogen-bond donors (Lipinski definition) is 6. The molecule has 1 fully saturated rings. The molecular formula is C26H35BFN7O3. The van der Waals surface area contributed by atoms with Crippen molar-refractivity contribution in [2.45, 2.75) is 38.2 Å². The van der Waals surface area contributed by atoms with E-state index in [1.165, 1.54) is 6.20 Å². The summed E-state index contributed by atoms with van der Waals surface area (Å²) in [5.74, 6) is -1.12. The SMILES string of the molecule is BC[C@@H](CNCCOC)NC(=O)N/C(Nc1ccccc1)=C(\C)C(=N)c1cnc(C(=O)NC2CC2)c(F)c1. The summed E-state index contributed by atoms with van der Waals surface area (Å²) in [5, 5.41) is 23.5. The lowest BCUT2D eigenvalue weighted by Crippen LogP contribution is -2.47. The molecule has 3 rings (SSSR count). The number of pyridine rings is 1. The Kier molecular flexibility index (Phi) is 10.8. The molecule has 1 aliphatic rings. The Morgan fingerprint density at radius 2 is 2.00 bits per heavy atom. The molecule has 0 spiro atoms. The van der Waals surface area contributed by atoms with Gasteiger partial charge in [-0.15, -0.1) is 0 Å². The number of methoxy groups -OCH3 is 1. The van der Waals surface area contributed by atoms with E-state index < -0.39 is 17.8 Å². The summed E-state index contributed by atoms with van der Waals surface area (Å²) in [6, 6.07) is 9.78. The third-order valence-electron chi connectivity index (χ3n) is 5.99. The van der Waals surface area contributed by atoms with Crippen LogP contribution in [-0.2, 0) is 4.74 Å². The van der Waals surface area contributed by atoms with Gasteiger partial charge in [-0.25, -0.2) is 14.2 Å². The third kappa shape index (κ3) is 8.67. The van der Waals surface area contributed by atoms with Crippen molar-refractivity contribution in [1.29, 1.82) is 5.41 Å². The van der Waals surface area contributed by atoms with Gasteiger partial charge in [0.05, 0.1) is 12.3 Å². The summed E-state index contributed by atoms with van der Waals surface area (Å²) in [4.78, 5) is 29.1. The molecule has 1 aliphatic carbocycles. The lowest BCUT2D eigenvalue weighted by molar-refractivity contribution is 0.0941. The molecule has 0 radical (unpaired) electrons. The number of carbonyl (C=O) groups is 2. The summed E-state index contributed by atoms with van der Waals surface area (Å²) in [5.41, 5.74) is 0.857. The standard InChI is InChI=1S/C26H35BFN7O3/c1-16(22(29)17-12-21(28)23(31-14-17)25(36)33-19-8-9-19)24(32-18-6-4-3-5-7-18)35-26(37)34-20(13-27)15-30-10-11-38-2/h3-7,12,14,19-20,29-30,32H,8-11,13,15,27H2,1-2H3,(H,33,36)(H2,34,35,37)/b24-16+,29-22?/t20-/m0/s1. The van der Waals surface area contributed by atoms with Gasteiger partial charge >= 0.3 is 6.03 Å². The Hall–Kier alpha value is -3.77. The lowest BCUT2D eigenvalue weighted by Gasteiger charge is -2.21. The number of carbonyl (C=O) groups excluding carboxylic acids is 2. The van der Waals surface area contributed by atoms with E-state index in [1.807, 2.05) is 38.2 Å². The van der Waals surface area contributed by atoms with Crippen molar-refractivity contribution in [3.63, 3.8) is 0 Å². The first-order valence-electron chi connectivity index (χ1n) is 12.7. The number of hydrogen-bond acceptors (Lipinski definition) is 7. The Labute approximate surface area is 223 Å². The quantitative estimate of drug-likeness (QED) is 0.127. The first kappa shape index (κ1) is 28.8. The highest BCUT2D eigenvalue weighted by Crippen LogP contribution is 2.20. The molecule has 0 saturated heterocycles. The predicted octanol–water partition coefficient (Wildman–Crippen LogP) is 1.78. The van der Waals surface area contributed by atoms with Crippen LogP contribution in [0.5, 0.6) is 0 Å². The highest BCUT2D eigenvalue weighted by Gasteiger charge is 2.26. The number of nitrogens with one attached hydrogen (secondary N) is 6. The van der Waals surface area contributed by atoms with Crippen LogP contribution in [-0.4, -0.2) is 69.4 Å². The fraction of sp³-hybridized carbons (Fsp3) is 0.385. The van der Waals surface area contributed by atoms with Crippen LogP contribution in [0.15, 0.2) is 54.0 Å². The third-order valence-corrected chi connectivity index (χ3v) is 5.99. The fourth-order valence-corrected chi connectivity index (χ4v) is 3.53. The summed E-state index contributed by atoms with van der Waals surface area (Å²) < 4.78 is 19.8. The van der Waals surface area contributed by atoms with E-state index in [9.17, 15) is 14.0 Å². The summed E-state index contributed by atoms with van der Waals surface area (Å²) in [7, 11) is 3.60. The highest BCUT2D eigenvalue weighted by atomic mass is 19.1. The summed E-state index contributed by atoms with van der Waals surface area (Å²) in [6.45, 7) is 3.44. The van der Waals surface area contributed by atoms with Gasteiger partial charge < -0.3 is 26.0 Å². The van der Waals surface area contributed by atoms with Crippen LogP contribution in [0.3, 0.4) is 0 Å². The van der Waals surface area contributed by atoms with E-state index in [2.05, 4.69) is 31.6 Å². The molecule has 6 N–H and O–H groups in total. The van der Waals surface area contributed by atoms with Gasteiger partial charge in [0.1, 0.15) is 13.7 Å². The number of nitrogens with zero attached hydrogens (tertiary/aromatic N) is 1. The van der Waals surface area contributed by atoms with Crippen molar-refractivity contribution in [2.24, 2.45) is 0 Å². The fourth-order valence-electron chi connectivity index (χ4n) is 3.53. The number of halogens is 1. The Morgan fingerprint density at radius 1 is 1.26 bits per heavy atom. The normalized spacial score (nSPS) is 14.2. The molecule has 0 unspecified atom stereocenters. The number of para-hydroxylation sites is 1. The minimum absolute atomic E-state index is 0.0578. The van der Waals surface area contributed by atoms with E-state index >= 15 is 0 Å². The maximum absolute atomic E-state index is 14.7. The van der Waals surface area contributed by atoms with Crippen LogP contribution in [0.25, 0.3) is 0 Å². The second kappa shape index (κ2) is 14.2.